The number of ether oxygens (including phenoxy) is 1. The fourth-order valence-electron chi connectivity index (χ4n) is 3.77. The van der Waals surface area contributed by atoms with Crippen LogP contribution in [0.2, 0.25) is 0 Å². The number of amides is 2. The maximum absolute atomic E-state index is 14.9. The van der Waals surface area contributed by atoms with Crippen molar-refractivity contribution < 1.29 is 33.3 Å². The van der Waals surface area contributed by atoms with E-state index in [2.05, 4.69) is 10.3 Å². The van der Waals surface area contributed by atoms with E-state index in [1.54, 1.807) is 6.20 Å². The molecule has 1 fully saturated rings. The number of nitrogens with zero attached hydrogens (tertiary/aromatic N) is 5. The molecule has 10 nitrogen and oxygen atoms in total. The normalized spacial score (nSPS) is 19.7. The highest BCUT2D eigenvalue weighted by Crippen LogP contribution is 2.32. The molecular formula is C20H21F2N5O5. The SMILES string of the molecule is O=C([C@@H](O)CO)N1CC=C(c2c(F)cc(N3CC(Cn4ccnn4)OC3=O)cc2F)CC1. The fourth-order valence-corrected chi connectivity index (χ4v) is 3.77. The maximum atomic E-state index is 14.9. The number of aliphatic hydroxyl groups excluding tert-OH is 2. The van der Waals surface area contributed by atoms with Gasteiger partial charge < -0.3 is 19.8 Å². The van der Waals surface area contributed by atoms with Crippen LogP contribution in [0.25, 0.3) is 5.57 Å². The highest BCUT2D eigenvalue weighted by molar-refractivity contribution is 5.90. The van der Waals surface area contributed by atoms with Crippen LogP contribution in [0, 0.1) is 11.6 Å². The van der Waals surface area contributed by atoms with Gasteiger partial charge in [-0.05, 0) is 24.1 Å². The summed E-state index contributed by atoms with van der Waals surface area (Å²) >= 11 is 0. The lowest BCUT2D eigenvalue weighted by atomic mass is 9.97. The quantitative estimate of drug-likeness (QED) is 0.661. The van der Waals surface area contributed by atoms with E-state index in [-0.39, 0.29) is 43.9 Å². The molecule has 0 spiro atoms. The van der Waals surface area contributed by atoms with Gasteiger partial charge in [0, 0.05) is 24.8 Å². The first-order valence-electron chi connectivity index (χ1n) is 9.95. The van der Waals surface area contributed by atoms with Crippen LogP contribution in [0.15, 0.2) is 30.6 Å². The number of carbonyl (C=O) groups excluding carboxylic acids is 2. The monoisotopic (exact) mass is 449 g/mol. The van der Waals surface area contributed by atoms with Crippen LogP contribution in [-0.2, 0) is 16.1 Å². The minimum Gasteiger partial charge on any atom is -0.442 e. The van der Waals surface area contributed by atoms with Crippen molar-refractivity contribution in [2.24, 2.45) is 0 Å². The zero-order valence-corrected chi connectivity index (χ0v) is 16.9. The smallest absolute Gasteiger partial charge is 0.414 e. The van der Waals surface area contributed by atoms with Crippen LogP contribution in [0.1, 0.15) is 12.0 Å². The van der Waals surface area contributed by atoms with E-state index in [1.165, 1.54) is 21.9 Å². The van der Waals surface area contributed by atoms with Gasteiger partial charge in [-0.25, -0.2) is 18.3 Å². The minimum absolute atomic E-state index is 0.0362. The second-order valence-corrected chi connectivity index (χ2v) is 7.49. The van der Waals surface area contributed by atoms with Crippen molar-refractivity contribution in [2.75, 3.05) is 31.1 Å². The van der Waals surface area contributed by atoms with Crippen molar-refractivity contribution in [3.05, 3.63) is 47.8 Å². The Bertz CT molecular complexity index is 1020. The summed E-state index contributed by atoms with van der Waals surface area (Å²) < 4.78 is 36.5. The lowest BCUT2D eigenvalue weighted by Gasteiger charge is -2.28. The standard InChI is InChI=1S/C20H21F2N5O5/c21-15-7-13(27-10-14(32-20(27)31)9-26-6-3-23-24-26)8-16(22)18(15)12-1-4-25(5-2-12)19(30)17(29)11-28/h1,3,6-8,14,17,28-29H,2,4-5,9-11H2/t14?,17-/m0/s1. The molecule has 32 heavy (non-hydrogen) atoms. The van der Waals surface area contributed by atoms with Gasteiger partial charge in [0.25, 0.3) is 5.91 Å². The van der Waals surface area contributed by atoms with Gasteiger partial charge in [-0.1, -0.05) is 11.3 Å². The Morgan fingerprint density at radius 1 is 1.31 bits per heavy atom. The Morgan fingerprint density at radius 2 is 2.06 bits per heavy atom. The van der Waals surface area contributed by atoms with E-state index in [0.29, 0.717) is 5.57 Å². The number of rotatable bonds is 6. The Morgan fingerprint density at radius 3 is 2.66 bits per heavy atom. The van der Waals surface area contributed by atoms with Gasteiger partial charge in [0.05, 0.1) is 31.6 Å². The second kappa shape index (κ2) is 9.01. The zero-order chi connectivity index (χ0) is 22.8. The first kappa shape index (κ1) is 21.8. The van der Waals surface area contributed by atoms with E-state index in [4.69, 9.17) is 9.84 Å². The minimum atomic E-state index is -1.52. The lowest BCUT2D eigenvalue weighted by Crippen LogP contribution is -2.42. The number of carbonyl (C=O) groups is 2. The second-order valence-electron chi connectivity index (χ2n) is 7.49. The van der Waals surface area contributed by atoms with E-state index in [9.17, 15) is 23.5 Å². The lowest BCUT2D eigenvalue weighted by molar-refractivity contribution is -0.141. The summed E-state index contributed by atoms with van der Waals surface area (Å²) in [4.78, 5) is 26.6. The largest absolute Gasteiger partial charge is 0.442 e. The molecule has 3 heterocycles. The zero-order valence-electron chi connectivity index (χ0n) is 16.9. The average molecular weight is 449 g/mol. The molecule has 4 rings (SSSR count). The third-order valence-corrected chi connectivity index (χ3v) is 5.38. The maximum Gasteiger partial charge on any atom is 0.414 e. The molecule has 0 bridgehead atoms. The van der Waals surface area contributed by atoms with Gasteiger partial charge in [0.1, 0.15) is 17.7 Å². The van der Waals surface area contributed by atoms with Crippen molar-refractivity contribution in [2.45, 2.75) is 25.2 Å². The van der Waals surface area contributed by atoms with Crippen molar-refractivity contribution in [1.29, 1.82) is 0 Å². The third kappa shape index (κ3) is 4.32. The summed E-state index contributed by atoms with van der Waals surface area (Å²) in [6.07, 6.45) is 1.99. The van der Waals surface area contributed by atoms with Crippen LogP contribution in [0.4, 0.5) is 19.3 Å². The number of halogens is 2. The summed E-state index contributed by atoms with van der Waals surface area (Å²) in [5.74, 6) is -2.32. The molecule has 2 aromatic rings. The Hall–Kier alpha value is -3.38. The number of aromatic nitrogens is 3. The summed E-state index contributed by atoms with van der Waals surface area (Å²) in [6, 6.07) is 2.15. The van der Waals surface area contributed by atoms with Crippen LogP contribution < -0.4 is 4.90 Å². The van der Waals surface area contributed by atoms with Crippen molar-refractivity contribution in [3.8, 4) is 0 Å². The van der Waals surface area contributed by atoms with Crippen molar-refractivity contribution in [1.82, 2.24) is 19.9 Å². The van der Waals surface area contributed by atoms with Crippen LogP contribution in [0.5, 0.6) is 0 Å². The summed E-state index contributed by atoms with van der Waals surface area (Å²) in [5.41, 5.74) is 0.187. The fraction of sp³-hybridized carbons (Fsp3) is 0.400. The van der Waals surface area contributed by atoms with Gasteiger partial charge in [-0.3, -0.25) is 9.69 Å². The summed E-state index contributed by atoms with van der Waals surface area (Å²) in [7, 11) is 0. The Labute approximate surface area is 181 Å². The van der Waals surface area contributed by atoms with Gasteiger partial charge >= 0.3 is 6.09 Å². The number of hydrogen-bond donors (Lipinski definition) is 2. The first-order chi connectivity index (χ1) is 15.4. The number of anilines is 1. The molecule has 170 valence electrons. The first-order valence-corrected chi connectivity index (χ1v) is 9.95. The van der Waals surface area contributed by atoms with Gasteiger partial charge in [0.15, 0.2) is 6.10 Å². The molecular weight excluding hydrogens is 428 g/mol. The molecule has 2 amide bonds. The number of benzene rings is 1. The Balaban J connectivity index is 1.49. The predicted octanol–water partition coefficient (Wildman–Crippen LogP) is 0.551. The van der Waals surface area contributed by atoms with Crippen molar-refractivity contribution >= 4 is 23.3 Å². The molecule has 2 aliphatic heterocycles. The van der Waals surface area contributed by atoms with Gasteiger partial charge in [-0.15, -0.1) is 5.10 Å². The predicted molar refractivity (Wildman–Crippen MR) is 106 cm³/mol. The van der Waals surface area contributed by atoms with Crippen LogP contribution in [-0.4, -0.2) is 80.6 Å². The molecule has 2 atom stereocenters. The molecule has 0 saturated carbocycles. The van der Waals surface area contributed by atoms with Gasteiger partial charge in [0.2, 0.25) is 0 Å². The summed E-state index contributed by atoms with van der Waals surface area (Å²) in [6.45, 7) is -0.142. The molecule has 0 radical (unpaired) electrons. The van der Waals surface area contributed by atoms with Crippen molar-refractivity contribution in [3.63, 3.8) is 0 Å². The topological polar surface area (TPSA) is 121 Å². The molecule has 1 saturated heterocycles. The Kier molecular flexibility index (Phi) is 6.15. The molecule has 0 aliphatic carbocycles. The molecule has 1 aromatic carbocycles. The van der Waals surface area contributed by atoms with E-state index >= 15 is 0 Å². The highest BCUT2D eigenvalue weighted by atomic mass is 19.1. The molecule has 2 aliphatic rings. The third-order valence-electron chi connectivity index (χ3n) is 5.38. The summed E-state index contributed by atoms with van der Waals surface area (Å²) in [5, 5.41) is 25.8. The highest BCUT2D eigenvalue weighted by Gasteiger charge is 2.34. The number of aliphatic hydroxyl groups is 2. The number of hydrogen-bond acceptors (Lipinski definition) is 7. The molecule has 12 heteroatoms. The number of cyclic esters (lactones) is 1. The van der Waals surface area contributed by atoms with Crippen LogP contribution in [0.3, 0.4) is 0 Å². The van der Waals surface area contributed by atoms with E-state index in [1.807, 2.05) is 0 Å². The van der Waals surface area contributed by atoms with E-state index < -0.39 is 42.4 Å². The van der Waals surface area contributed by atoms with Gasteiger partial charge in [-0.2, -0.15) is 0 Å². The molecule has 1 unspecified atom stereocenters. The molecule has 1 aromatic heterocycles. The van der Waals surface area contributed by atoms with Crippen LogP contribution >= 0.6 is 0 Å². The molecule has 2 N–H and O–H groups in total. The van der Waals surface area contributed by atoms with E-state index in [0.717, 1.165) is 17.0 Å². The average Bonchev–Trinajstić information content (AvgIpc) is 3.42.